The normalized spacial score (nSPS) is 14.2. The Labute approximate surface area is 618 Å². The zero-order valence-corrected chi connectivity index (χ0v) is 61.2. The Balaban J connectivity index is 0.000000201. The van der Waals surface area contributed by atoms with Crippen LogP contribution < -0.4 is 41.1 Å². The number of thiophene rings is 1. The van der Waals surface area contributed by atoms with E-state index in [1.165, 1.54) is 41.3 Å². The molecule has 0 bridgehead atoms. The number of aromatic amines is 1. The minimum absolute atomic E-state index is 0. The van der Waals surface area contributed by atoms with Gasteiger partial charge in [0.05, 0.1) is 50.6 Å². The fourth-order valence-electron chi connectivity index (χ4n) is 13.2. The third-order valence-electron chi connectivity index (χ3n) is 18.7. The summed E-state index contributed by atoms with van der Waals surface area (Å²) in [5.41, 5.74) is 9.44. The number of benzene rings is 6. The van der Waals surface area contributed by atoms with Crippen LogP contribution in [0.5, 0.6) is 5.75 Å². The van der Waals surface area contributed by atoms with Gasteiger partial charge in [0.15, 0.2) is 0 Å². The van der Waals surface area contributed by atoms with E-state index in [0.29, 0.717) is 75.5 Å². The van der Waals surface area contributed by atoms with E-state index < -0.39 is 12.0 Å². The minimum Gasteiger partial charge on any atom is -0.495 e. The zero-order chi connectivity index (χ0) is 72.6. The molecule has 1 unspecified atom stereocenters. The summed E-state index contributed by atoms with van der Waals surface area (Å²) < 4.78 is 15.6. The number of hydrogen-bond acceptors (Lipinski definition) is 13. The number of aromatic nitrogens is 1. The summed E-state index contributed by atoms with van der Waals surface area (Å²) in [6, 6.07) is 55.1. The van der Waals surface area contributed by atoms with Crippen molar-refractivity contribution in [1.82, 2.24) is 41.0 Å². The Morgan fingerprint density at radius 2 is 1.38 bits per heavy atom. The second kappa shape index (κ2) is 42.6. The Morgan fingerprint density at radius 3 is 2.07 bits per heavy atom. The Bertz CT molecular complexity index is 3950. The molecule has 4 heterocycles. The van der Waals surface area contributed by atoms with Gasteiger partial charge in [-0.05, 0) is 142 Å². The second-order valence-corrected chi connectivity index (χ2v) is 27.4. The van der Waals surface area contributed by atoms with E-state index in [1.54, 1.807) is 49.5 Å². The van der Waals surface area contributed by atoms with Crippen LogP contribution in [0.25, 0.3) is 17.0 Å². The average molecular weight is 1430 g/mol. The van der Waals surface area contributed by atoms with E-state index in [1.807, 2.05) is 145 Å². The van der Waals surface area contributed by atoms with Crippen LogP contribution in [0.3, 0.4) is 0 Å². The molecule has 20 nitrogen and oxygen atoms in total. The number of H-pyrrole nitrogens is 1. The number of carbonyl (C=O) groups is 6. The van der Waals surface area contributed by atoms with Gasteiger partial charge in [-0.3, -0.25) is 19.2 Å². The summed E-state index contributed by atoms with van der Waals surface area (Å²) in [6.07, 6.45) is 13.6. The summed E-state index contributed by atoms with van der Waals surface area (Å²) in [5.74, 6) is 0.526. The van der Waals surface area contributed by atoms with Gasteiger partial charge in [0, 0.05) is 105 Å². The predicted molar refractivity (Wildman–Crippen MR) is 420 cm³/mol. The lowest BCUT2D eigenvalue weighted by Gasteiger charge is -2.38. The van der Waals surface area contributed by atoms with E-state index in [-0.39, 0.29) is 56.9 Å². The highest BCUT2D eigenvalue weighted by Crippen LogP contribution is 2.32. The van der Waals surface area contributed by atoms with Crippen molar-refractivity contribution in [1.29, 1.82) is 0 Å². The number of esters is 1. The van der Waals surface area contributed by atoms with Gasteiger partial charge in [0.1, 0.15) is 12.3 Å². The van der Waals surface area contributed by atoms with Gasteiger partial charge in [0.25, 0.3) is 5.91 Å². The SMILES string of the molecule is C.C/C(=C\c1ccccc1)CN(CC1CCNCC1)C(=O)NC1CCCCC1.CCOC(=O)CNC(=O)Nc1ccc(N2CCN(c3ccccc3OC)CC2)c(C(=O)NC(C)c2ccccc2)c1.COCCN(CC(=O)N(CCc1c[nH]c2ccccc12)Cc1ccccc1)C(=O)Cc1cccs1. The number of methoxy groups -OCH3 is 2. The first-order valence-corrected chi connectivity index (χ1v) is 37.1. The lowest BCUT2D eigenvalue weighted by molar-refractivity contribution is -0.141. The second-order valence-electron chi connectivity index (χ2n) is 26.3. The molecule has 7 amide bonds. The molecule has 2 aliphatic heterocycles. The molecule has 0 spiro atoms. The minimum atomic E-state index is -0.569. The first-order valence-electron chi connectivity index (χ1n) is 36.2. The highest BCUT2D eigenvalue weighted by Gasteiger charge is 2.28. The lowest BCUT2D eigenvalue weighted by Crippen LogP contribution is -2.48. The highest BCUT2D eigenvalue weighted by atomic mass is 32.1. The summed E-state index contributed by atoms with van der Waals surface area (Å²) in [5, 5.41) is 18.2. The first kappa shape index (κ1) is 79.7. The van der Waals surface area contributed by atoms with Gasteiger partial charge in [-0.1, -0.05) is 166 Å². The van der Waals surface area contributed by atoms with Crippen molar-refractivity contribution in [3.05, 3.63) is 220 Å². The van der Waals surface area contributed by atoms with Crippen LogP contribution in [-0.4, -0.2) is 167 Å². The number of piperidine rings is 1. The van der Waals surface area contributed by atoms with E-state index in [2.05, 4.69) is 95.7 Å². The smallest absolute Gasteiger partial charge is 0.325 e. The maximum atomic E-state index is 13.6. The van der Waals surface area contributed by atoms with E-state index in [0.717, 1.165) is 103 Å². The molecular formula is C83H107N11O9S. The summed E-state index contributed by atoms with van der Waals surface area (Å²) in [6.45, 7) is 14.2. The quantitative estimate of drug-likeness (QED) is 0.0252. The number of amides is 7. The third-order valence-corrected chi connectivity index (χ3v) is 19.6. The largest absolute Gasteiger partial charge is 0.495 e. The van der Waals surface area contributed by atoms with E-state index in [4.69, 9.17) is 14.2 Å². The van der Waals surface area contributed by atoms with Crippen molar-refractivity contribution in [2.75, 3.05) is 121 Å². The molecule has 1 atom stereocenters. The number of hydrogen-bond donors (Lipinski definition) is 6. The van der Waals surface area contributed by atoms with Gasteiger partial charge >= 0.3 is 18.0 Å². The molecule has 11 rings (SSSR count). The highest BCUT2D eigenvalue weighted by molar-refractivity contribution is 7.10. The molecule has 3 aliphatic rings. The van der Waals surface area contributed by atoms with Crippen LogP contribution in [0, 0.1) is 5.92 Å². The van der Waals surface area contributed by atoms with Crippen molar-refractivity contribution in [3.8, 4) is 5.75 Å². The monoisotopic (exact) mass is 1430 g/mol. The number of rotatable bonds is 28. The van der Waals surface area contributed by atoms with Crippen LogP contribution in [0.2, 0.25) is 0 Å². The molecule has 8 aromatic rings. The molecule has 3 fully saturated rings. The van der Waals surface area contributed by atoms with E-state index in [9.17, 15) is 28.8 Å². The third kappa shape index (κ3) is 25.2. The van der Waals surface area contributed by atoms with Crippen molar-refractivity contribution in [3.63, 3.8) is 0 Å². The summed E-state index contributed by atoms with van der Waals surface area (Å²) in [7, 11) is 3.27. The van der Waals surface area contributed by atoms with Gasteiger partial charge in [-0.25, -0.2) is 9.59 Å². The Morgan fingerprint density at radius 1 is 0.702 bits per heavy atom. The fourth-order valence-corrected chi connectivity index (χ4v) is 13.9. The van der Waals surface area contributed by atoms with Crippen LogP contribution >= 0.6 is 11.3 Å². The molecule has 6 N–H and O–H groups in total. The molecule has 21 heteroatoms. The predicted octanol–water partition coefficient (Wildman–Crippen LogP) is 13.8. The summed E-state index contributed by atoms with van der Waals surface area (Å²) in [4.78, 5) is 91.5. The lowest BCUT2D eigenvalue weighted by atomic mass is 9.95. The number of ether oxygens (including phenoxy) is 3. The molecule has 554 valence electrons. The Hall–Kier alpha value is -9.96. The molecule has 6 aromatic carbocycles. The van der Waals surface area contributed by atoms with E-state index >= 15 is 0 Å². The number of fused-ring (bicyclic) bond motifs is 1. The van der Waals surface area contributed by atoms with Crippen LogP contribution in [0.15, 0.2) is 187 Å². The standard InChI is InChI=1S/C31H37N5O5.C28H31N3O3S.C23H35N3O.CH4/c1-4-41-29(37)21-32-31(39)34-24-14-15-26(25(20-24)30(38)33-22(2)23-10-6-5-7-11-23)35-16-18-36(19-17-35)27-12-8-9-13-28(27)40-3;1-34-16-15-31(27(32)18-24-10-7-17-35-24)21-28(33)30(20-22-8-3-2-4-9-22)14-13-23-19-29-26-12-6-5-11-25(23)26;1-19(16-20-8-4-2-5-9-20)17-26(18-21-12-14-24-15-13-21)23(27)25-22-10-6-3-7-11-22;/h5-15,20,22H,4,16-19,21H2,1-3H3,(H,33,38)(H2,32,34,39);2-12,17,19,29H,13-16,18,20-21H2,1H3;2,4-5,8-9,16,21-22,24H,3,6-7,10-15,17-18H2,1H3,(H,25,27);1H4/b;;19-16+;. The number of nitrogens with one attached hydrogen (secondary N) is 6. The molecule has 1 aliphatic carbocycles. The topological polar surface area (TPSA) is 222 Å². The van der Waals surface area contributed by atoms with Crippen molar-refractivity contribution >= 4 is 81.1 Å². The number of nitrogens with zero attached hydrogens (tertiary/aromatic N) is 5. The summed E-state index contributed by atoms with van der Waals surface area (Å²) >= 11 is 1.55. The van der Waals surface area contributed by atoms with Gasteiger partial charge < -0.3 is 70.3 Å². The van der Waals surface area contributed by atoms with Crippen LogP contribution in [0.4, 0.5) is 26.7 Å². The number of piperazine rings is 1. The fraction of sp³-hybridized carbons (Fsp3) is 0.398. The zero-order valence-electron chi connectivity index (χ0n) is 60.4. The molecule has 1 saturated carbocycles. The van der Waals surface area contributed by atoms with Gasteiger partial charge in [0.2, 0.25) is 11.8 Å². The first-order chi connectivity index (χ1) is 50.2. The van der Waals surface area contributed by atoms with Crippen molar-refractivity contribution in [2.24, 2.45) is 5.92 Å². The van der Waals surface area contributed by atoms with Gasteiger partial charge in [-0.2, -0.15) is 0 Å². The van der Waals surface area contributed by atoms with Crippen molar-refractivity contribution < 1.29 is 43.0 Å². The van der Waals surface area contributed by atoms with Gasteiger partial charge in [-0.15, -0.1) is 11.3 Å². The van der Waals surface area contributed by atoms with Crippen molar-refractivity contribution in [2.45, 2.75) is 105 Å². The average Bonchev–Trinajstić information content (AvgIpc) is 0.951. The molecule has 104 heavy (non-hydrogen) atoms. The maximum absolute atomic E-state index is 13.6. The number of urea groups is 2. The number of anilines is 3. The maximum Gasteiger partial charge on any atom is 0.325 e. The molecule has 2 saturated heterocycles. The van der Waals surface area contributed by atoms with Crippen LogP contribution in [0.1, 0.15) is 117 Å². The molecule has 0 radical (unpaired) electrons. The van der Waals surface area contributed by atoms with Crippen LogP contribution in [-0.2, 0) is 43.2 Å². The number of carbonyl (C=O) groups excluding carboxylic acids is 6. The Kier molecular flexibility index (Phi) is 32.7. The molecular weight excluding hydrogens is 1330 g/mol. The number of para-hydroxylation sites is 3. The molecule has 2 aromatic heterocycles.